The molecular weight excluding hydrogens is 459 g/mol. The molecule has 2 N–H and O–H groups in total. The van der Waals surface area contributed by atoms with Gasteiger partial charge in [-0.25, -0.2) is 4.68 Å². The van der Waals surface area contributed by atoms with E-state index in [4.69, 9.17) is 16.3 Å². The molecule has 10 heteroatoms. The number of nitrogens with one attached hydrogen (secondary N) is 1. The third-order valence-electron chi connectivity index (χ3n) is 5.34. The van der Waals surface area contributed by atoms with Gasteiger partial charge in [-0.3, -0.25) is 4.79 Å². The summed E-state index contributed by atoms with van der Waals surface area (Å²) in [5, 5.41) is 17.2. The molecule has 1 aliphatic rings. The largest absolute Gasteiger partial charge is 0.506 e. The number of alkyl halides is 3. The maximum Gasteiger partial charge on any atom is 0.471 e. The highest BCUT2D eigenvalue weighted by Crippen LogP contribution is 2.32. The summed E-state index contributed by atoms with van der Waals surface area (Å²) < 4.78 is 44.9. The Morgan fingerprint density at radius 2 is 1.88 bits per heavy atom. The number of halogens is 4. The van der Waals surface area contributed by atoms with Gasteiger partial charge in [-0.1, -0.05) is 29.8 Å². The van der Waals surface area contributed by atoms with Gasteiger partial charge in [-0.15, -0.1) is 5.10 Å². The number of para-hydroxylation sites is 2. The molecule has 2 aromatic carbocycles. The molecule has 0 spiro atoms. The van der Waals surface area contributed by atoms with Crippen LogP contribution in [0.25, 0.3) is 16.9 Å². The van der Waals surface area contributed by atoms with Gasteiger partial charge in [0.05, 0.1) is 16.3 Å². The number of aromatic hydroxyl groups is 1. The number of hydrogen-bond acceptors (Lipinski definition) is 4. The number of hydrogen-bond donors (Lipinski definition) is 2. The number of aromatic nitrogens is 2. The molecule has 1 aliphatic carbocycles. The van der Waals surface area contributed by atoms with E-state index >= 15 is 0 Å². The third-order valence-corrected chi connectivity index (χ3v) is 5.56. The molecule has 1 aromatic heterocycles. The van der Waals surface area contributed by atoms with Crippen molar-refractivity contribution in [3.8, 4) is 28.6 Å². The van der Waals surface area contributed by atoms with Crippen LogP contribution in [0.1, 0.15) is 25.7 Å². The van der Waals surface area contributed by atoms with Crippen LogP contribution in [0.4, 0.5) is 13.2 Å². The van der Waals surface area contributed by atoms with Crippen LogP contribution in [0.3, 0.4) is 0 Å². The summed E-state index contributed by atoms with van der Waals surface area (Å²) in [4.78, 5) is 11.1. The Hall–Kier alpha value is -3.38. The smallest absolute Gasteiger partial charge is 0.471 e. The number of ether oxygens (including phenoxy) is 1. The van der Waals surface area contributed by atoms with E-state index in [2.05, 4.69) is 17.2 Å². The van der Waals surface area contributed by atoms with Gasteiger partial charge in [0.1, 0.15) is 17.5 Å². The highest BCUT2D eigenvalue weighted by molar-refractivity contribution is 6.30. The minimum atomic E-state index is -4.89. The highest BCUT2D eigenvalue weighted by atomic mass is 35.5. The van der Waals surface area contributed by atoms with Crippen LogP contribution >= 0.6 is 11.6 Å². The van der Waals surface area contributed by atoms with Gasteiger partial charge in [0, 0.05) is 12.1 Å². The molecule has 1 saturated carbocycles. The number of rotatable bonds is 5. The first-order valence-corrected chi connectivity index (χ1v) is 10.6. The maximum atomic E-state index is 12.5. The second kappa shape index (κ2) is 9.24. The van der Waals surface area contributed by atoms with Gasteiger partial charge in [-0.2, -0.15) is 13.2 Å². The summed E-state index contributed by atoms with van der Waals surface area (Å²) >= 11 is 5.92. The number of carbonyl (C=O) groups is 1. The van der Waals surface area contributed by atoms with Crippen molar-refractivity contribution in [1.29, 1.82) is 0 Å². The molecule has 1 fully saturated rings. The average Bonchev–Trinajstić information content (AvgIpc) is 3.18. The van der Waals surface area contributed by atoms with Crippen LogP contribution in [0, 0.1) is 12.1 Å². The number of amides is 1. The predicted molar refractivity (Wildman–Crippen MR) is 114 cm³/mol. The second-order valence-electron chi connectivity index (χ2n) is 7.68. The van der Waals surface area contributed by atoms with Crippen LogP contribution in [0.5, 0.6) is 11.6 Å². The lowest BCUT2D eigenvalue weighted by molar-refractivity contribution is -0.174. The van der Waals surface area contributed by atoms with Crippen molar-refractivity contribution in [2.75, 3.05) is 0 Å². The molecule has 4 rings (SSSR count). The quantitative estimate of drug-likeness (QED) is 0.550. The van der Waals surface area contributed by atoms with Crippen molar-refractivity contribution in [3.63, 3.8) is 0 Å². The maximum absolute atomic E-state index is 12.5. The summed E-state index contributed by atoms with van der Waals surface area (Å²) in [5.74, 6) is -1.61. The number of phenolic OH excluding ortho intramolecular Hbond substituents is 1. The van der Waals surface area contributed by atoms with Crippen LogP contribution < -0.4 is 10.1 Å². The van der Waals surface area contributed by atoms with Crippen LogP contribution in [-0.4, -0.2) is 39.1 Å². The van der Waals surface area contributed by atoms with Crippen molar-refractivity contribution in [2.24, 2.45) is 0 Å². The lowest BCUT2D eigenvalue weighted by atomic mass is 9.93. The number of nitrogens with zero attached hydrogens (tertiary/aromatic N) is 2. The van der Waals surface area contributed by atoms with E-state index in [-0.39, 0.29) is 11.9 Å². The van der Waals surface area contributed by atoms with Crippen LogP contribution in [0.2, 0.25) is 5.02 Å². The Morgan fingerprint density at radius 3 is 2.52 bits per heavy atom. The Morgan fingerprint density at radius 1 is 1.15 bits per heavy atom. The fourth-order valence-electron chi connectivity index (χ4n) is 3.72. The van der Waals surface area contributed by atoms with E-state index in [0.29, 0.717) is 53.5 Å². The standard InChI is InChI=1S/C23H19ClF3N3O3/c24-15-7-5-14(6-8-15)19-13-21(29-30(19)18-3-1-2-4-20(18)31)33-17-11-9-16(10-12-17)28-22(32)23(25,26)27/h1-5,7,13,16-17,31H,9-12H2,(H,28,32)/t16-,17+. The summed E-state index contributed by atoms with van der Waals surface area (Å²) in [5.41, 5.74) is 1.65. The molecule has 0 saturated heterocycles. The lowest BCUT2D eigenvalue weighted by Crippen LogP contribution is -2.45. The molecule has 0 bridgehead atoms. The first-order valence-electron chi connectivity index (χ1n) is 10.2. The molecule has 1 amide bonds. The molecule has 172 valence electrons. The molecule has 0 aliphatic heterocycles. The topological polar surface area (TPSA) is 76.4 Å². The average molecular weight is 478 g/mol. The summed E-state index contributed by atoms with van der Waals surface area (Å²) in [6.45, 7) is 0. The molecule has 0 unspecified atom stereocenters. The molecule has 0 radical (unpaired) electrons. The lowest BCUT2D eigenvalue weighted by Gasteiger charge is -2.29. The SMILES string of the molecule is O=C(N[C@H]1CC[C@@H](Oc2cc(-c3c#cc(Cl)cc3)n(-c3ccccc3O)n2)CC1)C(F)(F)F. The number of carbonyl (C=O) groups excluding carboxylic acids is 1. The monoisotopic (exact) mass is 477 g/mol. The first kappa shape index (κ1) is 22.8. The zero-order valence-electron chi connectivity index (χ0n) is 17.2. The highest BCUT2D eigenvalue weighted by Gasteiger charge is 2.40. The van der Waals surface area contributed by atoms with Gasteiger partial charge in [0.2, 0.25) is 5.88 Å². The van der Waals surface area contributed by atoms with Crippen molar-refractivity contribution in [3.05, 3.63) is 59.6 Å². The van der Waals surface area contributed by atoms with Gasteiger partial charge in [0.25, 0.3) is 0 Å². The zero-order chi connectivity index (χ0) is 23.6. The summed E-state index contributed by atoms with van der Waals surface area (Å²) in [6, 6.07) is 17.0. The Bertz CT molecular complexity index is 1120. The molecule has 33 heavy (non-hydrogen) atoms. The fraction of sp³-hybridized carbons (Fsp3) is 0.304. The fourth-order valence-corrected chi connectivity index (χ4v) is 3.83. The molecule has 1 heterocycles. The number of phenols is 1. The van der Waals surface area contributed by atoms with Crippen LogP contribution in [-0.2, 0) is 4.79 Å². The molecule has 3 aromatic rings. The van der Waals surface area contributed by atoms with Crippen LogP contribution in [0.15, 0.2) is 42.5 Å². The Kier molecular flexibility index (Phi) is 6.38. The summed E-state index contributed by atoms with van der Waals surface area (Å²) in [6.07, 6.45) is -3.52. The number of benzene rings is 1. The van der Waals surface area contributed by atoms with E-state index < -0.39 is 18.1 Å². The minimum Gasteiger partial charge on any atom is -0.506 e. The second-order valence-corrected chi connectivity index (χ2v) is 8.08. The van der Waals surface area contributed by atoms with E-state index in [1.165, 1.54) is 10.7 Å². The first-order chi connectivity index (χ1) is 15.7. The van der Waals surface area contributed by atoms with E-state index in [9.17, 15) is 23.1 Å². The predicted octanol–water partition coefficient (Wildman–Crippen LogP) is 4.87. The Labute approximate surface area is 192 Å². The Balaban J connectivity index is 1.51. The van der Waals surface area contributed by atoms with Gasteiger partial charge < -0.3 is 15.2 Å². The molecular formula is C23H19ClF3N3O3. The normalized spacial score (nSPS) is 18.4. The van der Waals surface area contributed by atoms with E-state index in [1.807, 2.05) is 5.32 Å². The van der Waals surface area contributed by atoms with Gasteiger partial charge in [-0.05, 0) is 56.0 Å². The minimum absolute atomic E-state index is 0.0206. The summed E-state index contributed by atoms with van der Waals surface area (Å²) in [7, 11) is 0. The van der Waals surface area contributed by atoms with Gasteiger partial charge >= 0.3 is 12.1 Å². The van der Waals surface area contributed by atoms with Gasteiger partial charge in [0.15, 0.2) is 0 Å². The van der Waals surface area contributed by atoms with Crippen molar-refractivity contribution >= 4 is 17.5 Å². The molecule has 6 nitrogen and oxygen atoms in total. The van der Waals surface area contributed by atoms with E-state index in [1.54, 1.807) is 36.4 Å². The third kappa shape index (κ3) is 5.34. The van der Waals surface area contributed by atoms with Crippen molar-refractivity contribution < 1.29 is 27.8 Å². The van der Waals surface area contributed by atoms with E-state index in [0.717, 1.165) is 0 Å². The molecule has 0 atom stereocenters. The van der Waals surface area contributed by atoms with Crippen molar-refractivity contribution in [2.45, 2.75) is 44.0 Å². The van der Waals surface area contributed by atoms with Crippen molar-refractivity contribution in [1.82, 2.24) is 15.1 Å². The zero-order valence-corrected chi connectivity index (χ0v) is 18.0.